The molecule has 78 heavy (non-hydrogen) atoms. The average Bonchev–Trinajstić information content (AvgIpc) is 3.72. The molecule has 2 rings (SSSR count). The largest absolute Gasteiger partial charge is 0.481 e. The number of aliphatic hydroxyl groups is 3. The molecule has 7 N–H and O–H groups in total. The first-order chi connectivity index (χ1) is 37.5. The molecule has 1 aromatic heterocycles. The van der Waals surface area contributed by atoms with Gasteiger partial charge in [-0.25, -0.2) is 13.9 Å². The van der Waals surface area contributed by atoms with Gasteiger partial charge in [-0.1, -0.05) is 198 Å². The number of nitrogen functional groups attached to an aromatic ring is 1. The molecule has 21 heteroatoms. The molecule has 448 valence electrons. The number of hydrogen-bond acceptors (Lipinski definition) is 16. The van der Waals surface area contributed by atoms with Crippen molar-refractivity contribution < 1.29 is 71.4 Å². The van der Waals surface area contributed by atoms with Crippen LogP contribution in [0.25, 0.3) is 0 Å². The van der Waals surface area contributed by atoms with E-state index >= 15 is 0 Å². The Morgan fingerprint density at radius 1 is 0.705 bits per heavy atom. The number of unbranched alkanes of at least 4 members (excludes halogenated alkanes) is 18. The molecule has 0 aliphatic carbocycles. The lowest BCUT2D eigenvalue weighted by molar-refractivity contribution is -0.161. The fourth-order valence-electron chi connectivity index (χ4n) is 8.65. The van der Waals surface area contributed by atoms with E-state index < -0.39 is 83.7 Å². The number of anilines is 1. The number of rotatable bonds is 48. The third kappa shape index (κ3) is 35.4. The number of phosphoric ester groups is 2. The molecule has 0 aromatic carbocycles. The van der Waals surface area contributed by atoms with Gasteiger partial charge < -0.3 is 45.1 Å². The van der Waals surface area contributed by atoms with Gasteiger partial charge in [-0.2, -0.15) is 9.29 Å². The number of nitrogens with two attached hydrogens (primary N) is 1. The van der Waals surface area contributed by atoms with Crippen molar-refractivity contribution in [3.05, 3.63) is 71.4 Å². The molecular formula is C57H99N3O16P2. The van der Waals surface area contributed by atoms with E-state index in [1.807, 2.05) is 24.3 Å². The van der Waals surface area contributed by atoms with Gasteiger partial charge in [-0.3, -0.25) is 23.2 Å². The quantitative estimate of drug-likeness (QED) is 0.0153. The van der Waals surface area contributed by atoms with Crippen molar-refractivity contribution in [1.29, 1.82) is 0 Å². The summed E-state index contributed by atoms with van der Waals surface area (Å²) in [4.78, 5) is 62.1. The standard InChI is InChI=1S/C57H99N3O16P2/c1-4-37-48(61)39-34-30-26-22-18-14-12-16-19-23-27-31-35-40-52(62)71-44-49(74-53(63)41-36-32-28-24-20-15-11-9-7-6-8-10-13-17-21-25-29-33-38-47(3)5-2)45-72-77(67,68)76-78(69,70)73-46-50-54(64)55(65)56(75-50)60-43-42-51(58)59-57(60)66/h12,16,18,22-23,27,30,34,42-43,47-50,54-56,61,64-65H,4-11,13-15,17,19-21,24-26,28-29,31-33,35-41,44-46H2,1-3H3,(H,67,68)(H,69,70)(H2,58,59,66)/b16-12-,22-18-,27-23-,34-30-/t47?,48?,49-,50-,54-,55-,56-/m1/s1. The summed E-state index contributed by atoms with van der Waals surface area (Å²) in [6.07, 6.45) is 39.6. The maximum Gasteiger partial charge on any atom is 0.481 e. The molecule has 2 heterocycles. The number of aromatic nitrogens is 2. The highest BCUT2D eigenvalue weighted by Gasteiger charge is 2.46. The Hall–Kier alpha value is -3.32. The number of phosphoric acid groups is 2. The minimum Gasteiger partial charge on any atom is -0.462 e. The molecule has 4 unspecified atom stereocenters. The molecule has 1 aromatic rings. The Labute approximate surface area is 465 Å². The van der Waals surface area contributed by atoms with Crippen LogP contribution in [0.15, 0.2) is 65.7 Å². The van der Waals surface area contributed by atoms with Crippen LogP contribution in [0, 0.1) is 5.92 Å². The summed E-state index contributed by atoms with van der Waals surface area (Å²) < 4.78 is 56.9. The first kappa shape index (κ1) is 70.8. The van der Waals surface area contributed by atoms with Gasteiger partial charge in [0.05, 0.1) is 19.3 Å². The minimum atomic E-state index is -5.45. The van der Waals surface area contributed by atoms with E-state index in [0.29, 0.717) is 25.7 Å². The monoisotopic (exact) mass is 1140 g/mol. The Kier molecular flexibility index (Phi) is 39.4. The fourth-order valence-corrected chi connectivity index (χ4v) is 10.8. The SMILES string of the molecule is CCCC(O)C/C=C\C/C=C\C/C=C\C/C=C\CCCC(=O)OC[C@H](COP(=O)(O)OP(=O)(O)OC[C@H]1O[C@@H](n2ccc(N)nc2=O)[C@H](O)[C@@H]1O)OC(=O)CCCCCCCCCCCCCCCCCCCCC(C)CC. The van der Waals surface area contributed by atoms with E-state index in [4.69, 9.17) is 29.0 Å². The van der Waals surface area contributed by atoms with Gasteiger partial charge in [-0.05, 0) is 63.4 Å². The predicted molar refractivity (Wildman–Crippen MR) is 304 cm³/mol. The molecule has 0 spiro atoms. The third-order valence-electron chi connectivity index (χ3n) is 13.5. The van der Waals surface area contributed by atoms with Gasteiger partial charge in [0.2, 0.25) is 0 Å². The molecule has 19 nitrogen and oxygen atoms in total. The van der Waals surface area contributed by atoms with E-state index in [1.165, 1.54) is 102 Å². The van der Waals surface area contributed by atoms with E-state index in [9.17, 15) is 48.6 Å². The van der Waals surface area contributed by atoms with Crippen LogP contribution in [-0.4, -0.2) is 96.9 Å². The first-order valence-corrected chi connectivity index (χ1v) is 32.1. The number of allylic oxidation sites excluding steroid dienone is 7. The van der Waals surface area contributed by atoms with Gasteiger partial charge in [0.1, 0.15) is 30.7 Å². The van der Waals surface area contributed by atoms with Crippen molar-refractivity contribution in [2.24, 2.45) is 5.92 Å². The smallest absolute Gasteiger partial charge is 0.462 e. The van der Waals surface area contributed by atoms with E-state index in [1.54, 1.807) is 0 Å². The predicted octanol–water partition coefficient (Wildman–Crippen LogP) is 12.1. The van der Waals surface area contributed by atoms with Crippen LogP contribution >= 0.6 is 15.6 Å². The highest BCUT2D eigenvalue weighted by Crippen LogP contribution is 2.60. The molecule has 0 saturated carbocycles. The van der Waals surface area contributed by atoms with E-state index in [-0.39, 0.29) is 24.8 Å². The minimum absolute atomic E-state index is 0.0332. The number of carbonyl (C=O) groups excluding carboxylic acids is 2. The number of carbonyl (C=O) groups is 2. The lowest BCUT2D eigenvalue weighted by Gasteiger charge is -2.21. The van der Waals surface area contributed by atoms with E-state index in [0.717, 1.165) is 74.5 Å². The summed E-state index contributed by atoms with van der Waals surface area (Å²) in [5.41, 5.74) is 4.59. The van der Waals surface area contributed by atoms with Gasteiger partial charge in [0.25, 0.3) is 0 Å². The average molecular weight is 1140 g/mol. The number of nitrogens with zero attached hydrogens (tertiary/aromatic N) is 2. The maximum absolute atomic E-state index is 12.9. The first-order valence-electron chi connectivity index (χ1n) is 29.1. The van der Waals surface area contributed by atoms with Gasteiger partial charge in [-0.15, -0.1) is 0 Å². The highest BCUT2D eigenvalue weighted by atomic mass is 31.3. The molecule has 0 amide bonds. The molecule has 1 saturated heterocycles. The molecule has 0 bridgehead atoms. The number of ether oxygens (including phenoxy) is 3. The summed E-state index contributed by atoms with van der Waals surface area (Å²) in [5, 5.41) is 30.7. The second kappa shape index (κ2) is 43.4. The zero-order valence-corrected chi connectivity index (χ0v) is 49.0. The molecule has 1 fully saturated rings. The van der Waals surface area contributed by atoms with Crippen LogP contribution in [0.3, 0.4) is 0 Å². The van der Waals surface area contributed by atoms with Crippen LogP contribution in [0.5, 0.6) is 0 Å². The number of esters is 2. The lowest BCUT2D eigenvalue weighted by Crippen LogP contribution is -2.36. The Balaban J connectivity index is 1.76. The summed E-state index contributed by atoms with van der Waals surface area (Å²) in [6.45, 7) is 4.31. The van der Waals surface area contributed by atoms with Crippen molar-refractivity contribution in [2.75, 3.05) is 25.6 Å². The van der Waals surface area contributed by atoms with E-state index in [2.05, 4.69) is 54.4 Å². The van der Waals surface area contributed by atoms with Crippen molar-refractivity contribution in [1.82, 2.24) is 9.55 Å². The van der Waals surface area contributed by atoms with Gasteiger partial charge in [0, 0.05) is 19.0 Å². The molecule has 9 atom stereocenters. The number of hydrogen-bond donors (Lipinski definition) is 6. The lowest BCUT2D eigenvalue weighted by atomic mass is 9.99. The molecular weight excluding hydrogens is 1040 g/mol. The zero-order valence-electron chi connectivity index (χ0n) is 47.2. The van der Waals surface area contributed by atoms with Crippen molar-refractivity contribution in [2.45, 2.75) is 250 Å². The fraction of sp³-hybridized carbons (Fsp3) is 0.754. The molecule has 0 radical (unpaired) electrons. The summed E-state index contributed by atoms with van der Waals surface area (Å²) in [7, 11) is -10.9. The highest BCUT2D eigenvalue weighted by molar-refractivity contribution is 7.61. The second-order valence-electron chi connectivity index (χ2n) is 20.6. The van der Waals surface area contributed by atoms with Crippen LogP contribution in [0.1, 0.15) is 220 Å². The summed E-state index contributed by atoms with van der Waals surface area (Å²) in [5.74, 6) is -0.512. The van der Waals surface area contributed by atoms with Gasteiger partial charge >= 0.3 is 33.3 Å². The zero-order chi connectivity index (χ0) is 57.3. The van der Waals surface area contributed by atoms with Crippen molar-refractivity contribution in [3.63, 3.8) is 0 Å². The second-order valence-corrected chi connectivity index (χ2v) is 23.6. The number of aliphatic hydroxyl groups excluding tert-OH is 3. The van der Waals surface area contributed by atoms with Crippen LogP contribution in [0.2, 0.25) is 0 Å². The maximum atomic E-state index is 12.9. The van der Waals surface area contributed by atoms with Crippen LogP contribution in [0.4, 0.5) is 5.82 Å². The van der Waals surface area contributed by atoms with Gasteiger partial charge in [0.15, 0.2) is 12.3 Å². The summed E-state index contributed by atoms with van der Waals surface area (Å²) in [6, 6.07) is 1.25. The van der Waals surface area contributed by atoms with Crippen LogP contribution < -0.4 is 11.4 Å². The Bertz CT molecular complexity index is 2030. The van der Waals surface area contributed by atoms with Crippen molar-refractivity contribution in [3.8, 4) is 0 Å². The Morgan fingerprint density at radius 3 is 1.77 bits per heavy atom. The van der Waals surface area contributed by atoms with Crippen LogP contribution in [-0.2, 0) is 46.3 Å². The Morgan fingerprint density at radius 2 is 1.22 bits per heavy atom. The molecule has 1 aliphatic rings. The van der Waals surface area contributed by atoms with Crippen molar-refractivity contribution >= 4 is 33.4 Å². The topological polar surface area (TPSA) is 286 Å². The summed E-state index contributed by atoms with van der Waals surface area (Å²) >= 11 is 0. The normalized spacial score (nSPS) is 19.7. The third-order valence-corrected chi connectivity index (χ3v) is 16.1. The molecule has 1 aliphatic heterocycles.